The molecule has 2 aromatic rings. The third-order valence-corrected chi connectivity index (χ3v) is 6.98. The van der Waals surface area contributed by atoms with Gasteiger partial charge in [-0.3, -0.25) is 9.59 Å². The zero-order chi connectivity index (χ0) is 22.4. The molecular formula is C23H33N5O2S. The number of aromatic nitrogens is 3. The van der Waals surface area contributed by atoms with Gasteiger partial charge >= 0.3 is 0 Å². The van der Waals surface area contributed by atoms with Gasteiger partial charge in [-0.05, 0) is 62.8 Å². The smallest absolute Gasteiger partial charge is 0.232 e. The predicted molar refractivity (Wildman–Crippen MR) is 124 cm³/mol. The van der Waals surface area contributed by atoms with E-state index >= 15 is 0 Å². The van der Waals surface area contributed by atoms with Gasteiger partial charge in [0.25, 0.3) is 0 Å². The summed E-state index contributed by atoms with van der Waals surface area (Å²) in [6.07, 6.45) is 4.81. The molecule has 0 radical (unpaired) electrons. The largest absolute Gasteiger partial charge is 0.352 e. The number of nitrogens with zero attached hydrogens (tertiary/aromatic N) is 3. The second-order valence-electron chi connectivity index (χ2n) is 8.39. The zero-order valence-corrected chi connectivity index (χ0v) is 19.7. The Bertz CT molecular complexity index is 927. The fraction of sp³-hybridized carbons (Fsp3) is 0.565. The van der Waals surface area contributed by atoms with Gasteiger partial charge in [-0.15, -0.1) is 10.2 Å². The van der Waals surface area contributed by atoms with E-state index in [4.69, 9.17) is 0 Å². The summed E-state index contributed by atoms with van der Waals surface area (Å²) in [5, 5.41) is 15.2. The minimum atomic E-state index is -0.133. The highest BCUT2D eigenvalue weighted by atomic mass is 32.2. The monoisotopic (exact) mass is 443 g/mol. The Balaban J connectivity index is 1.55. The number of rotatable bonds is 8. The van der Waals surface area contributed by atoms with Crippen molar-refractivity contribution in [1.82, 2.24) is 20.1 Å². The molecule has 168 valence electrons. The lowest BCUT2D eigenvalue weighted by atomic mass is 9.86. The van der Waals surface area contributed by atoms with Gasteiger partial charge < -0.3 is 15.2 Å². The Labute approximate surface area is 188 Å². The molecule has 0 spiro atoms. The Kier molecular flexibility index (Phi) is 8.12. The van der Waals surface area contributed by atoms with Crippen LogP contribution in [0.4, 0.5) is 5.69 Å². The number of benzene rings is 1. The number of nitrogens with one attached hydrogen (secondary N) is 2. The van der Waals surface area contributed by atoms with E-state index in [-0.39, 0.29) is 24.3 Å². The minimum absolute atomic E-state index is 0.0310. The molecule has 3 rings (SSSR count). The summed E-state index contributed by atoms with van der Waals surface area (Å²) in [6, 6.07) is 6.13. The van der Waals surface area contributed by atoms with Crippen molar-refractivity contribution < 1.29 is 9.59 Å². The summed E-state index contributed by atoms with van der Waals surface area (Å²) < 4.78 is 1.90. The minimum Gasteiger partial charge on any atom is -0.352 e. The molecule has 1 aromatic heterocycles. The van der Waals surface area contributed by atoms with E-state index in [1.807, 2.05) is 43.5 Å². The molecule has 1 heterocycles. The SMILES string of the molecule is CCn1c(CC(=O)Nc2ccc(C)c(C)c2)nnc1SCC(=O)N[C@H]1CCCC[C@@H]1C. The summed E-state index contributed by atoms with van der Waals surface area (Å²) in [7, 11) is 0. The lowest BCUT2D eigenvalue weighted by Gasteiger charge is -2.29. The van der Waals surface area contributed by atoms with Crippen molar-refractivity contribution in [3.05, 3.63) is 35.2 Å². The summed E-state index contributed by atoms with van der Waals surface area (Å²) in [4.78, 5) is 24.9. The Morgan fingerprint density at radius 2 is 1.90 bits per heavy atom. The molecule has 0 unspecified atom stereocenters. The number of thioether (sulfide) groups is 1. The number of anilines is 1. The van der Waals surface area contributed by atoms with Gasteiger partial charge in [-0.2, -0.15) is 0 Å². The predicted octanol–water partition coefficient (Wildman–Crippen LogP) is 3.88. The maximum absolute atomic E-state index is 12.5. The molecule has 0 aliphatic heterocycles. The zero-order valence-electron chi connectivity index (χ0n) is 18.9. The number of hydrogen-bond acceptors (Lipinski definition) is 5. The third-order valence-electron chi connectivity index (χ3n) is 6.01. The molecule has 7 nitrogen and oxygen atoms in total. The van der Waals surface area contributed by atoms with Crippen LogP contribution >= 0.6 is 11.8 Å². The first-order chi connectivity index (χ1) is 14.9. The van der Waals surface area contributed by atoms with Crippen LogP contribution in [0.5, 0.6) is 0 Å². The summed E-state index contributed by atoms with van der Waals surface area (Å²) in [6.45, 7) is 8.90. The number of hydrogen-bond donors (Lipinski definition) is 2. The van der Waals surface area contributed by atoms with Gasteiger partial charge in [-0.25, -0.2) is 0 Å². The van der Waals surface area contributed by atoms with Crippen molar-refractivity contribution in [3.63, 3.8) is 0 Å². The van der Waals surface area contributed by atoms with Gasteiger partial charge in [0.1, 0.15) is 5.82 Å². The topological polar surface area (TPSA) is 88.9 Å². The molecule has 1 fully saturated rings. The van der Waals surface area contributed by atoms with Crippen LogP contribution in [0.1, 0.15) is 56.5 Å². The lowest BCUT2D eigenvalue weighted by molar-refractivity contribution is -0.120. The number of aryl methyl sites for hydroxylation is 2. The highest BCUT2D eigenvalue weighted by Crippen LogP contribution is 2.24. The van der Waals surface area contributed by atoms with Crippen molar-refractivity contribution in [2.45, 2.75) is 77.5 Å². The number of carbonyl (C=O) groups excluding carboxylic acids is 2. The fourth-order valence-corrected chi connectivity index (χ4v) is 4.78. The van der Waals surface area contributed by atoms with E-state index in [1.165, 1.54) is 36.6 Å². The first-order valence-electron chi connectivity index (χ1n) is 11.1. The molecule has 0 bridgehead atoms. The number of amides is 2. The quantitative estimate of drug-likeness (QED) is 0.605. The molecule has 1 aliphatic carbocycles. The standard InChI is InChI=1S/C23H33N5O2S/c1-5-28-20(13-21(29)24-18-11-10-15(2)17(4)12-18)26-27-23(28)31-14-22(30)25-19-9-7-6-8-16(19)3/h10-12,16,19H,5-9,13-14H2,1-4H3,(H,24,29)(H,25,30)/t16-,19-/m0/s1. The molecule has 31 heavy (non-hydrogen) atoms. The van der Waals surface area contributed by atoms with Crippen LogP contribution < -0.4 is 10.6 Å². The normalized spacial score (nSPS) is 18.6. The molecule has 1 aliphatic rings. The van der Waals surface area contributed by atoms with Crippen LogP contribution in [0.2, 0.25) is 0 Å². The maximum Gasteiger partial charge on any atom is 0.232 e. The molecule has 0 saturated heterocycles. The van der Waals surface area contributed by atoms with Gasteiger partial charge in [0.15, 0.2) is 5.16 Å². The van der Waals surface area contributed by atoms with E-state index in [2.05, 4.69) is 27.8 Å². The van der Waals surface area contributed by atoms with Crippen molar-refractivity contribution in [2.24, 2.45) is 5.92 Å². The average molecular weight is 444 g/mol. The van der Waals surface area contributed by atoms with E-state index in [0.29, 0.717) is 29.2 Å². The summed E-state index contributed by atoms with van der Waals surface area (Å²) >= 11 is 1.37. The first kappa shape index (κ1) is 23.3. The fourth-order valence-electron chi connectivity index (χ4n) is 3.95. The van der Waals surface area contributed by atoms with Crippen LogP contribution in [0.25, 0.3) is 0 Å². The van der Waals surface area contributed by atoms with Gasteiger partial charge in [0.05, 0.1) is 12.2 Å². The van der Waals surface area contributed by atoms with Crippen molar-refractivity contribution in [1.29, 1.82) is 0 Å². The van der Waals surface area contributed by atoms with E-state index in [9.17, 15) is 9.59 Å². The van der Waals surface area contributed by atoms with Gasteiger partial charge in [0, 0.05) is 18.3 Å². The van der Waals surface area contributed by atoms with E-state index in [0.717, 1.165) is 17.7 Å². The first-order valence-corrected chi connectivity index (χ1v) is 12.1. The summed E-state index contributed by atoms with van der Waals surface area (Å²) in [5.41, 5.74) is 3.10. The highest BCUT2D eigenvalue weighted by Gasteiger charge is 2.23. The lowest BCUT2D eigenvalue weighted by Crippen LogP contribution is -2.41. The molecule has 2 amide bonds. The maximum atomic E-state index is 12.5. The molecule has 1 aromatic carbocycles. The van der Waals surface area contributed by atoms with Crippen LogP contribution in [0.15, 0.2) is 23.4 Å². The Hall–Kier alpha value is -2.35. The second-order valence-corrected chi connectivity index (χ2v) is 9.33. The van der Waals surface area contributed by atoms with E-state index in [1.54, 1.807) is 0 Å². The van der Waals surface area contributed by atoms with Gasteiger partial charge in [-0.1, -0.05) is 37.6 Å². The van der Waals surface area contributed by atoms with Crippen LogP contribution in [0.3, 0.4) is 0 Å². The van der Waals surface area contributed by atoms with Gasteiger partial charge in [0.2, 0.25) is 11.8 Å². The molecular weight excluding hydrogens is 410 g/mol. The van der Waals surface area contributed by atoms with Crippen LogP contribution in [-0.4, -0.2) is 38.4 Å². The third kappa shape index (κ3) is 6.32. The van der Waals surface area contributed by atoms with Crippen LogP contribution in [0, 0.1) is 19.8 Å². The Morgan fingerprint density at radius 1 is 1.13 bits per heavy atom. The average Bonchev–Trinajstić information content (AvgIpc) is 3.12. The van der Waals surface area contributed by atoms with Crippen LogP contribution in [-0.2, 0) is 22.6 Å². The molecule has 2 N–H and O–H groups in total. The van der Waals surface area contributed by atoms with E-state index < -0.39 is 0 Å². The summed E-state index contributed by atoms with van der Waals surface area (Å²) in [5.74, 6) is 1.34. The molecule has 2 atom stereocenters. The molecule has 8 heteroatoms. The second kappa shape index (κ2) is 10.8. The van der Waals surface area contributed by atoms with Crippen molar-refractivity contribution in [3.8, 4) is 0 Å². The van der Waals surface area contributed by atoms with Crippen molar-refractivity contribution in [2.75, 3.05) is 11.1 Å². The number of carbonyl (C=O) groups is 2. The Morgan fingerprint density at radius 3 is 2.61 bits per heavy atom. The highest BCUT2D eigenvalue weighted by molar-refractivity contribution is 7.99. The molecule has 1 saturated carbocycles. The van der Waals surface area contributed by atoms with Crippen molar-refractivity contribution >= 4 is 29.3 Å².